The molecule has 0 bridgehead atoms. The first kappa shape index (κ1) is 13.0. The van der Waals surface area contributed by atoms with Crippen molar-refractivity contribution in [2.24, 2.45) is 29.6 Å². The molecule has 18 heavy (non-hydrogen) atoms. The Labute approximate surface area is 114 Å². The monoisotopic (exact) mass is 248 g/mol. The molecule has 0 aromatic carbocycles. The van der Waals surface area contributed by atoms with Crippen LogP contribution in [0, 0.1) is 29.6 Å². The molecule has 3 aliphatic carbocycles. The maximum Gasteiger partial charge on any atom is -0.0383 e. The summed E-state index contributed by atoms with van der Waals surface area (Å²) in [7, 11) is 0. The number of rotatable bonds is 2. The van der Waals surface area contributed by atoms with Gasteiger partial charge in [-0.25, -0.2) is 0 Å². The number of hydrogen-bond acceptors (Lipinski definition) is 0. The summed E-state index contributed by atoms with van der Waals surface area (Å²) in [6.07, 6.45) is 18.7. The van der Waals surface area contributed by atoms with Gasteiger partial charge in [-0.15, -0.1) is 0 Å². The highest BCUT2D eigenvalue weighted by Crippen LogP contribution is 2.47. The third-order valence-corrected chi connectivity index (χ3v) is 6.72. The maximum absolute atomic E-state index is 2.39. The third kappa shape index (κ3) is 2.78. The first-order chi connectivity index (χ1) is 8.86. The van der Waals surface area contributed by atoms with E-state index in [0.717, 1.165) is 29.6 Å². The van der Waals surface area contributed by atoms with Crippen LogP contribution in [0.3, 0.4) is 0 Å². The summed E-state index contributed by atoms with van der Waals surface area (Å²) >= 11 is 0. The molecule has 3 saturated carbocycles. The lowest BCUT2D eigenvalue weighted by molar-refractivity contribution is 0.0780. The van der Waals surface area contributed by atoms with Gasteiger partial charge in [-0.3, -0.25) is 0 Å². The molecule has 3 atom stereocenters. The van der Waals surface area contributed by atoms with Gasteiger partial charge >= 0.3 is 0 Å². The largest absolute Gasteiger partial charge is 0.0651 e. The average molecular weight is 248 g/mol. The third-order valence-electron chi connectivity index (χ3n) is 6.72. The zero-order valence-corrected chi connectivity index (χ0v) is 12.4. The Kier molecular flexibility index (Phi) is 4.31. The van der Waals surface area contributed by atoms with E-state index in [4.69, 9.17) is 0 Å². The molecule has 0 radical (unpaired) electrons. The van der Waals surface area contributed by atoms with E-state index >= 15 is 0 Å². The van der Waals surface area contributed by atoms with Gasteiger partial charge in [0.2, 0.25) is 0 Å². The van der Waals surface area contributed by atoms with Crippen molar-refractivity contribution in [2.45, 2.75) is 84.0 Å². The molecule has 3 unspecified atom stereocenters. The van der Waals surface area contributed by atoms with Gasteiger partial charge in [0.25, 0.3) is 0 Å². The molecule has 0 aliphatic heterocycles. The van der Waals surface area contributed by atoms with Crippen molar-refractivity contribution in [1.82, 2.24) is 0 Å². The Bertz CT molecular complexity index is 249. The van der Waals surface area contributed by atoms with Gasteiger partial charge in [-0.1, -0.05) is 51.9 Å². The zero-order valence-electron chi connectivity index (χ0n) is 12.4. The van der Waals surface area contributed by atoms with E-state index in [1.807, 2.05) is 0 Å². The van der Waals surface area contributed by atoms with Gasteiger partial charge < -0.3 is 0 Å². The number of fused-ring (bicyclic) bond motifs is 1. The van der Waals surface area contributed by atoms with Crippen LogP contribution in [0.4, 0.5) is 0 Å². The molecular weight excluding hydrogens is 216 g/mol. The second-order valence-electron chi connectivity index (χ2n) is 7.57. The minimum absolute atomic E-state index is 1.08. The topological polar surface area (TPSA) is 0 Å². The summed E-state index contributed by atoms with van der Waals surface area (Å²) in [6.45, 7) is 2.39. The molecule has 0 amide bonds. The smallest absolute Gasteiger partial charge is 0.0383 e. The zero-order chi connectivity index (χ0) is 12.4. The quantitative estimate of drug-likeness (QED) is 0.578. The Morgan fingerprint density at radius 2 is 1.11 bits per heavy atom. The molecule has 3 aliphatic rings. The van der Waals surface area contributed by atoms with Gasteiger partial charge in [0.1, 0.15) is 0 Å². The molecule has 0 saturated heterocycles. The Morgan fingerprint density at radius 1 is 0.611 bits per heavy atom. The van der Waals surface area contributed by atoms with Gasteiger partial charge in [0.15, 0.2) is 0 Å². The standard InChI is InChI=1S/C18H32/c1-2-14-7-9-16(10-8-14)18-12-11-15-5-3-4-6-17(15)13-18/h14-18H,2-13H2,1H3. The highest BCUT2D eigenvalue weighted by molar-refractivity contribution is 4.87. The Hall–Kier alpha value is 0. The lowest BCUT2D eigenvalue weighted by atomic mass is 9.62. The highest BCUT2D eigenvalue weighted by atomic mass is 14.4. The molecule has 0 nitrogen and oxygen atoms in total. The fraction of sp³-hybridized carbons (Fsp3) is 1.00. The minimum Gasteiger partial charge on any atom is -0.0651 e. The van der Waals surface area contributed by atoms with Crippen LogP contribution in [0.2, 0.25) is 0 Å². The van der Waals surface area contributed by atoms with E-state index in [1.54, 1.807) is 57.8 Å². The van der Waals surface area contributed by atoms with E-state index in [2.05, 4.69) is 6.92 Å². The first-order valence-electron chi connectivity index (χ1n) is 8.86. The molecule has 0 aromatic rings. The van der Waals surface area contributed by atoms with E-state index in [-0.39, 0.29) is 0 Å². The van der Waals surface area contributed by atoms with Crippen molar-refractivity contribution >= 4 is 0 Å². The van der Waals surface area contributed by atoms with E-state index in [0.29, 0.717) is 0 Å². The van der Waals surface area contributed by atoms with Crippen LogP contribution in [0.1, 0.15) is 84.0 Å². The summed E-state index contributed by atoms with van der Waals surface area (Å²) in [5.41, 5.74) is 0. The SMILES string of the molecule is CCC1CCC(C2CCC3CCCCC3C2)CC1. The molecule has 0 N–H and O–H groups in total. The van der Waals surface area contributed by atoms with Crippen LogP contribution >= 0.6 is 0 Å². The van der Waals surface area contributed by atoms with Gasteiger partial charge in [-0.05, 0) is 61.7 Å². The number of hydrogen-bond donors (Lipinski definition) is 0. The molecule has 0 heterocycles. The summed E-state index contributed by atoms with van der Waals surface area (Å²) in [6, 6.07) is 0. The van der Waals surface area contributed by atoms with Crippen molar-refractivity contribution in [2.75, 3.05) is 0 Å². The van der Waals surface area contributed by atoms with Crippen LogP contribution in [0.25, 0.3) is 0 Å². The fourth-order valence-electron chi connectivity index (χ4n) is 5.41. The maximum atomic E-state index is 2.39. The predicted octanol–water partition coefficient (Wildman–Crippen LogP) is 5.81. The van der Waals surface area contributed by atoms with Crippen LogP contribution in [0.5, 0.6) is 0 Å². The van der Waals surface area contributed by atoms with Crippen molar-refractivity contribution in [3.63, 3.8) is 0 Å². The van der Waals surface area contributed by atoms with Crippen molar-refractivity contribution in [3.8, 4) is 0 Å². The molecule has 104 valence electrons. The molecule has 0 heteroatoms. The van der Waals surface area contributed by atoms with E-state index in [9.17, 15) is 0 Å². The van der Waals surface area contributed by atoms with E-state index in [1.165, 1.54) is 19.3 Å². The van der Waals surface area contributed by atoms with Crippen LogP contribution in [-0.2, 0) is 0 Å². The van der Waals surface area contributed by atoms with Crippen LogP contribution in [-0.4, -0.2) is 0 Å². The van der Waals surface area contributed by atoms with Gasteiger partial charge in [-0.2, -0.15) is 0 Å². The summed E-state index contributed by atoms with van der Waals surface area (Å²) in [5, 5.41) is 0. The lowest BCUT2D eigenvalue weighted by Gasteiger charge is -2.43. The van der Waals surface area contributed by atoms with Crippen molar-refractivity contribution in [3.05, 3.63) is 0 Å². The predicted molar refractivity (Wildman–Crippen MR) is 78.5 cm³/mol. The summed E-state index contributed by atoms with van der Waals surface area (Å²) in [5.74, 6) is 5.61. The van der Waals surface area contributed by atoms with Crippen LogP contribution < -0.4 is 0 Å². The Balaban J connectivity index is 1.51. The second kappa shape index (κ2) is 5.97. The molecular formula is C18H32. The average Bonchev–Trinajstić information content (AvgIpc) is 2.47. The van der Waals surface area contributed by atoms with Gasteiger partial charge in [0.05, 0.1) is 0 Å². The molecule has 0 spiro atoms. The van der Waals surface area contributed by atoms with E-state index < -0.39 is 0 Å². The Morgan fingerprint density at radius 3 is 1.83 bits per heavy atom. The summed E-state index contributed by atoms with van der Waals surface area (Å²) < 4.78 is 0. The van der Waals surface area contributed by atoms with Crippen molar-refractivity contribution < 1.29 is 0 Å². The molecule has 3 fully saturated rings. The lowest BCUT2D eigenvalue weighted by Crippen LogP contribution is -2.32. The summed E-state index contributed by atoms with van der Waals surface area (Å²) in [4.78, 5) is 0. The normalized spacial score (nSPS) is 45.5. The van der Waals surface area contributed by atoms with Crippen LogP contribution in [0.15, 0.2) is 0 Å². The molecule has 0 aromatic heterocycles. The fourth-order valence-corrected chi connectivity index (χ4v) is 5.41. The van der Waals surface area contributed by atoms with Crippen molar-refractivity contribution in [1.29, 1.82) is 0 Å². The second-order valence-corrected chi connectivity index (χ2v) is 7.57. The minimum atomic E-state index is 1.08. The first-order valence-corrected chi connectivity index (χ1v) is 8.86. The van der Waals surface area contributed by atoms with Gasteiger partial charge in [0, 0.05) is 0 Å². The molecule has 3 rings (SSSR count). The highest BCUT2D eigenvalue weighted by Gasteiger charge is 2.36.